The van der Waals surface area contributed by atoms with E-state index in [1.54, 1.807) is 30.5 Å². The minimum absolute atomic E-state index is 0.0405. The zero-order valence-corrected chi connectivity index (χ0v) is 16.8. The van der Waals surface area contributed by atoms with Crippen molar-refractivity contribution in [1.82, 2.24) is 9.99 Å². The van der Waals surface area contributed by atoms with Gasteiger partial charge >= 0.3 is 0 Å². The monoisotopic (exact) mass is 390 g/mol. The molecular formula is C22H22N4O3. The molecule has 0 fully saturated rings. The number of carbonyl (C=O) groups excluding carboxylic acids is 1. The number of carbonyl (C=O) groups is 1. The van der Waals surface area contributed by atoms with E-state index in [-0.39, 0.29) is 11.6 Å². The van der Waals surface area contributed by atoms with Crippen molar-refractivity contribution >= 4 is 17.8 Å². The number of hydrogen-bond acceptors (Lipinski definition) is 4. The highest BCUT2D eigenvalue weighted by Gasteiger charge is 2.15. The molecule has 148 valence electrons. The number of hydrazone groups is 1. The molecule has 0 saturated carbocycles. The van der Waals surface area contributed by atoms with E-state index in [0.717, 1.165) is 33.8 Å². The molecule has 0 aliphatic rings. The number of aryl methyl sites for hydroxylation is 3. The van der Waals surface area contributed by atoms with E-state index in [1.165, 1.54) is 6.07 Å². The summed E-state index contributed by atoms with van der Waals surface area (Å²) in [6, 6.07) is 14.0. The third kappa shape index (κ3) is 4.24. The number of nitro groups is 1. The summed E-state index contributed by atoms with van der Waals surface area (Å²) in [6.07, 6.45) is 1.58. The molecule has 3 aromatic rings. The van der Waals surface area contributed by atoms with Crippen LogP contribution in [0.1, 0.15) is 38.4 Å². The van der Waals surface area contributed by atoms with Crippen LogP contribution in [0.4, 0.5) is 5.69 Å². The number of hydrogen-bond donors (Lipinski definition) is 1. The van der Waals surface area contributed by atoms with Crippen LogP contribution in [-0.4, -0.2) is 21.6 Å². The molecule has 1 heterocycles. The van der Waals surface area contributed by atoms with Gasteiger partial charge in [-0.25, -0.2) is 5.43 Å². The van der Waals surface area contributed by atoms with E-state index in [9.17, 15) is 14.9 Å². The highest BCUT2D eigenvalue weighted by Crippen LogP contribution is 2.26. The minimum atomic E-state index is -0.402. The van der Waals surface area contributed by atoms with Crippen LogP contribution in [0.25, 0.3) is 5.69 Å². The molecule has 2 aromatic carbocycles. The zero-order chi connectivity index (χ0) is 21.1. The maximum absolute atomic E-state index is 12.2. The van der Waals surface area contributed by atoms with Crippen molar-refractivity contribution in [3.8, 4) is 5.69 Å². The van der Waals surface area contributed by atoms with Gasteiger partial charge in [0.15, 0.2) is 0 Å². The van der Waals surface area contributed by atoms with E-state index in [2.05, 4.69) is 10.5 Å². The van der Waals surface area contributed by atoms with Crippen LogP contribution in [0.2, 0.25) is 0 Å². The summed E-state index contributed by atoms with van der Waals surface area (Å²) in [4.78, 5) is 23.0. The number of aromatic nitrogens is 1. The second-order valence-corrected chi connectivity index (χ2v) is 6.96. The average Bonchev–Trinajstić information content (AvgIpc) is 2.95. The Morgan fingerprint density at radius 1 is 1.10 bits per heavy atom. The van der Waals surface area contributed by atoms with E-state index >= 15 is 0 Å². The maximum Gasteiger partial charge on any atom is 0.271 e. The third-order valence-corrected chi connectivity index (χ3v) is 4.76. The number of non-ortho nitro benzene ring substituents is 1. The van der Waals surface area contributed by atoms with Crippen LogP contribution >= 0.6 is 0 Å². The van der Waals surface area contributed by atoms with Crippen LogP contribution in [0.5, 0.6) is 0 Å². The summed E-state index contributed by atoms with van der Waals surface area (Å²) < 4.78 is 1.95. The van der Waals surface area contributed by atoms with Crippen molar-refractivity contribution in [1.29, 1.82) is 0 Å². The summed E-state index contributed by atoms with van der Waals surface area (Å²) >= 11 is 0. The highest BCUT2D eigenvalue weighted by atomic mass is 16.6. The first kappa shape index (κ1) is 20.0. The molecule has 29 heavy (non-hydrogen) atoms. The Kier molecular flexibility index (Phi) is 5.59. The van der Waals surface area contributed by atoms with Gasteiger partial charge in [-0.3, -0.25) is 14.9 Å². The number of nitrogens with zero attached hydrogens (tertiary/aromatic N) is 3. The summed E-state index contributed by atoms with van der Waals surface area (Å²) in [5, 5.41) is 15.2. The number of rotatable bonds is 5. The van der Waals surface area contributed by atoms with Gasteiger partial charge in [-0.2, -0.15) is 5.10 Å². The summed E-state index contributed by atoms with van der Waals surface area (Å²) in [5.41, 5.74) is 8.40. The van der Waals surface area contributed by atoms with Gasteiger partial charge in [-0.1, -0.05) is 23.8 Å². The molecule has 0 aliphatic heterocycles. The Balaban J connectivity index is 1.87. The fourth-order valence-electron chi connectivity index (χ4n) is 3.25. The summed E-state index contributed by atoms with van der Waals surface area (Å²) in [7, 11) is 0. The lowest BCUT2D eigenvalue weighted by atomic mass is 10.1. The third-order valence-electron chi connectivity index (χ3n) is 4.76. The van der Waals surface area contributed by atoms with Gasteiger partial charge in [0.05, 0.1) is 16.8 Å². The quantitative estimate of drug-likeness (QED) is 0.398. The molecule has 1 amide bonds. The van der Waals surface area contributed by atoms with Crippen LogP contribution in [0, 0.1) is 37.8 Å². The second-order valence-electron chi connectivity index (χ2n) is 6.96. The number of amides is 1. The second kappa shape index (κ2) is 8.10. The van der Waals surface area contributed by atoms with Gasteiger partial charge in [0.2, 0.25) is 0 Å². The fraction of sp³-hybridized carbons (Fsp3) is 0.182. The Bertz CT molecular complexity index is 1130. The molecule has 1 aromatic heterocycles. The molecule has 0 aliphatic carbocycles. The molecule has 3 rings (SSSR count). The molecule has 7 heteroatoms. The topological polar surface area (TPSA) is 89.5 Å². The minimum Gasteiger partial charge on any atom is -0.317 e. The van der Waals surface area contributed by atoms with E-state index in [0.29, 0.717) is 5.56 Å². The van der Waals surface area contributed by atoms with Crippen molar-refractivity contribution in [2.75, 3.05) is 0 Å². The lowest BCUT2D eigenvalue weighted by Crippen LogP contribution is -2.17. The lowest BCUT2D eigenvalue weighted by molar-refractivity contribution is -0.384. The van der Waals surface area contributed by atoms with E-state index in [1.807, 2.05) is 50.5 Å². The van der Waals surface area contributed by atoms with Gasteiger partial charge < -0.3 is 4.57 Å². The van der Waals surface area contributed by atoms with Gasteiger partial charge in [-0.05, 0) is 51.5 Å². The SMILES string of the molecule is Cc1cccc(C(=O)N/N=C\c2cc(C)n(-c3cc([N+](=O)[O-])ccc3C)c2C)c1. The Morgan fingerprint density at radius 2 is 1.86 bits per heavy atom. The normalized spacial score (nSPS) is 11.0. The zero-order valence-electron chi connectivity index (χ0n) is 16.8. The van der Waals surface area contributed by atoms with Crippen LogP contribution < -0.4 is 5.43 Å². The fourth-order valence-corrected chi connectivity index (χ4v) is 3.25. The molecule has 0 bridgehead atoms. The Morgan fingerprint density at radius 3 is 2.55 bits per heavy atom. The molecular weight excluding hydrogens is 368 g/mol. The maximum atomic E-state index is 12.2. The number of nitro benzene ring substituents is 1. The predicted octanol–water partition coefficient (Wildman–Crippen LogP) is 4.38. The van der Waals surface area contributed by atoms with Crippen molar-refractivity contribution in [3.05, 3.63) is 92.3 Å². The van der Waals surface area contributed by atoms with E-state index < -0.39 is 4.92 Å². The molecule has 7 nitrogen and oxygen atoms in total. The molecule has 0 saturated heterocycles. The van der Waals surface area contributed by atoms with Crippen molar-refractivity contribution in [2.24, 2.45) is 5.10 Å². The lowest BCUT2D eigenvalue weighted by Gasteiger charge is -2.12. The average molecular weight is 390 g/mol. The van der Waals surface area contributed by atoms with Crippen LogP contribution in [-0.2, 0) is 0 Å². The Hall–Kier alpha value is -3.74. The predicted molar refractivity (Wildman–Crippen MR) is 113 cm³/mol. The van der Waals surface area contributed by atoms with Crippen molar-refractivity contribution in [3.63, 3.8) is 0 Å². The van der Waals surface area contributed by atoms with Gasteiger partial charge in [0, 0.05) is 34.6 Å². The number of benzene rings is 2. The van der Waals surface area contributed by atoms with Crippen molar-refractivity contribution in [2.45, 2.75) is 27.7 Å². The summed E-state index contributed by atoms with van der Waals surface area (Å²) in [5.74, 6) is -0.284. The van der Waals surface area contributed by atoms with Gasteiger partial charge in [0.25, 0.3) is 11.6 Å². The molecule has 0 spiro atoms. The van der Waals surface area contributed by atoms with E-state index in [4.69, 9.17) is 0 Å². The smallest absolute Gasteiger partial charge is 0.271 e. The molecule has 0 radical (unpaired) electrons. The molecule has 1 N–H and O–H groups in total. The number of nitrogens with one attached hydrogen (secondary N) is 1. The first-order chi connectivity index (χ1) is 13.8. The van der Waals surface area contributed by atoms with Gasteiger partial charge in [0.1, 0.15) is 0 Å². The first-order valence-electron chi connectivity index (χ1n) is 9.12. The van der Waals surface area contributed by atoms with Crippen LogP contribution in [0.3, 0.4) is 0 Å². The standard InChI is InChI=1S/C22H22N4O3/c1-14-6-5-7-18(10-14)22(27)24-23-13-19-11-16(3)25(17(19)4)21-12-20(26(28)29)9-8-15(21)2/h5-13H,1-4H3,(H,24,27)/b23-13-. The van der Waals surface area contributed by atoms with Gasteiger partial charge in [-0.15, -0.1) is 0 Å². The first-order valence-corrected chi connectivity index (χ1v) is 9.12. The molecule has 0 unspecified atom stereocenters. The highest BCUT2D eigenvalue weighted by molar-refractivity contribution is 5.95. The van der Waals surface area contributed by atoms with Crippen LogP contribution in [0.15, 0.2) is 53.6 Å². The molecule has 0 atom stereocenters. The van der Waals surface area contributed by atoms with Crippen molar-refractivity contribution < 1.29 is 9.72 Å². The largest absolute Gasteiger partial charge is 0.317 e. The Labute approximate surface area is 168 Å². The summed E-state index contributed by atoms with van der Waals surface area (Å²) in [6.45, 7) is 7.67.